The van der Waals surface area contributed by atoms with Crippen LogP contribution in [0, 0.1) is 5.92 Å². The van der Waals surface area contributed by atoms with E-state index in [1.165, 1.54) is 22.6 Å². The number of hydrogen-bond acceptors (Lipinski definition) is 4. The lowest BCUT2D eigenvalue weighted by atomic mass is 9.83. The summed E-state index contributed by atoms with van der Waals surface area (Å²) < 4.78 is 2.28. The van der Waals surface area contributed by atoms with Gasteiger partial charge in [0.25, 0.3) is 5.91 Å². The maximum atomic E-state index is 12.9. The van der Waals surface area contributed by atoms with Gasteiger partial charge in [-0.1, -0.05) is 38.1 Å². The van der Waals surface area contributed by atoms with Gasteiger partial charge in [0, 0.05) is 38.6 Å². The van der Waals surface area contributed by atoms with Gasteiger partial charge >= 0.3 is 0 Å². The highest BCUT2D eigenvalue weighted by molar-refractivity contribution is 7.12. The summed E-state index contributed by atoms with van der Waals surface area (Å²) in [5, 5.41) is 1.97. The molecule has 4 heterocycles. The number of fused-ring (bicyclic) bond motifs is 4. The minimum atomic E-state index is -0.154. The summed E-state index contributed by atoms with van der Waals surface area (Å²) in [5.74, 6) is 1.84. The van der Waals surface area contributed by atoms with Crippen LogP contribution in [0.5, 0.6) is 0 Å². The molecule has 0 saturated carbocycles. The molecule has 0 bridgehead atoms. The monoisotopic (exact) mass is 420 g/mol. The zero-order valence-corrected chi connectivity index (χ0v) is 18.4. The maximum absolute atomic E-state index is 12.9. The first-order valence-corrected chi connectivity index (χ1v) is 11.7. The van der Waals surface area contributed by atoms with Crippen LogP contribution in [0.1, 0.15) is 47.7 Å². The average molecular weight is 421 g/mol. The number of piperidine rings is 1. The zero-order chi connectivity index (χ0) is 20.7. The van der Waals surface area contributed by atoms with E-state index in [2.05, 4.69) is 53.8 Å². The number of rotatable bonds is 3. The van der Waals surface area contributed by atoms with Crippen LogP contribution in [0.15, 0.2) is 54.2 Å². The first-order chi connectivity index (χ1) is 14.6. The van der Waals surface area contributed by atoms with Crippen molar-refractivity contribution >= 4 is 17.2 Å². The number of likely N-dealkylation sites (tertiary alicyclic amines) is 1. The Kier molecular flexibility index (Phi) is 4.99. The van der Waals surface area contributed by atoms with Crippen LogP contribution in [-0.2, 0) is 12.1 Å². The van der Waals surface area contributed by atoms with Gasteiger partial charge in [0.15, 0.2) is 0 Å². The van der Waals surface area contributed by atoms with Gasteiger partial charge in [-0.05, 0) is 41.8 Å². The van der Waals surface area contributed by atoms with Gasteiger partial charge in [0.05, 0.1) is 16.1 Å². The van der Waals surface area contributed by atoms with Crippen molar-refractivity contribution in [2.24, 2.45) is 5.92 Å². The molecule has 2 aliphatic rings. The highest BCUT2D eigenvalue weighted by atomic mass is 32.1. The normalized spacial score (nSPS) is 18.3. The SMILES string of the molecule is CC(C)CN1Cc2ccccc2-n2ccnc2C12CCN(C(=O)c1cccs1)CC2. The Bertz CT molecular complexity index is 1030. The van der Waals surface area contributed by atoms with Crippen LogP contribution in [-0.4, -0.2) is 44.9 Å². The van der Waals surface area contributed by atoms with Crippen molar-refractivity contribution in [3.05, 3.63) is 70.4 Å². The lowest BCUT2D eigenvalue weighted by Gasteiger charge is -2.48. The Balaban J connectivity index is 1.52. The molecule has 3 aromatic rings. The average Bonchev–Trinajstić information content (AvgIpc) is 3.44. The van der Waals surface area contributed by atoms with Gasteiger partial charge in [0.2, 0.25) is 0 Å². The van der Waals surface area contributed by atoms with Crippen LogP contribution in [0.25, 0.3) is 5.69 Å². The Labute approximate surface area is 182 Å². The van der Waals surface area contributed by atoms with Gasteiger partial charge < -0.3 is 9.47 Å². The summed E-state index contributed by atoms with van der Waals surface area (Å²) in [5.41, 5.74) is 2.41. The topological polar surface area (TPSA) is 41.4 Å². The number of aromatic nitrogens is 2. The van der Waals surface area contributed by atoms with Crippen LogP contribution in [0.4, 0.5) is 0 Å². The first-order valence-electron chi connectivity index (χ1n) is 10.8. The van der Waals surface area contributed by atoms with Crippen LogP contribution < -0.4 is 0 Å². The summed E-state index contributed by atoms with van der Waals surface area (Å²) in [4.78, 5) is 23.3. The minimum absolute atomic E-state index is 0.154. The number of nitrogens with zero attached hydrogens (tertiary/aromatic N) is 4. The van der Waals surface area contributed by atoms with Gasteiger partial charge in [-0.3, -0.25) is 9.69 Å². The van der Waals surface area contributed by atoms with Crippen molar-refractivity contribution in [1.82, 2.24) is 19.4 Å². The minimum Gasteiger partial charge on any atom is -0.338 e. The van der Waals surface area contributed by atoms with E-state index in [4.69, 9.17) is 4.98 Å². The molecule has 1 saturated heterocycles. The number of imidazole rings is 1. The fourth-order valence-electron chi connectivity index (χ4n) is 5.08. The molecule has 5 rings (SSSR count). The summed E-state index contributed by atoms with van der Waals surface area (Å²) in [7, 11) is 0. The maximum Gasteiger partial charge on any atom is 0.263 e. The van der Waals surface area contributed by atoms with Crippen molar-refractivity contribution in [2.75, 3.05) is 19.6 Å². The largest absolute Gasteiger partial charge is 0.338 e. The molecule has 0 N–H and O–H groups in total. The number of hydrogen-bond donors (Lipinski definition) is 0. The molecule has 0 atom stereocenters. The van der Waals surface area contributed by atoms with E-state index in [-0.39, 0.29) is 11.4 Å². The summed E-state index contributed by atoms with van der Waals surface area (Å²) in [6.45, 7) is 8.01. The second-order valence-electron chi connectivity index (χ2n) is 8.83. The fraction of sp³-hybridized carbons (Fsp3) is 0.417. The third kappa shape index (κ3) is 3.19. The zero-order valence-electron chi connectivity index (χ0n) is 17.6. The summed E-state index contributed by atoms with van der Waals surface area (Å²) in [6, 6.07) is 12.5. The number of carbonyl (C=O) groups is 1. The van der Waals surface area contributed by atoms with Crippen LogP contribution >= 0.6 is 11.3 Å². The number of benzene rings is 1. The second-order valence-corrected chi connectivity index (χ2v) is 9.77. The first kappa shape index (κ1) is 19.5. The third-order valence-corrected chi connectivity index (χ3v) is 7.33. The Morgan fingerprint density at radius 1 is 1.17 bits per heavy atom. The Morgan fingerprint density at radius 3 is 2.70 bits per heavy atom. The number of para-hydroxylation sites is 1. The molecule has 0 radical (unpaired) electrons. The lowest BCUT2D eigenvalue weighted by molar-refractivity contribution is 0.000925. The van der Waals surface area contributed by atoms with Crippen molar-refractivity contribution in [3.8, 4) is 5.69 Å². The van der Waals surface area contributed by atoms with Crippen molar-refractivity contribution < 1.29 is 4.79 Å². The van der Waals surface area contributed by atoms with Gasteiger partial charge in [0.1, 0.15) is 5.82 Å². The molecule has 1 fully saturated rings. The second kappa shape index (κ2) is 7.67. The van der Waals surface area contributed by atoms with Gasteiger partial charge in [-0.25, -0.2) is 4.98 Å². The molecule has 30 heavy (non-hydrogen) atoms. The Hall–Kier alpha value is -2.44. The quantitative estimate of drug-likeness (QED) is 0.625. The van der Waals surface area contributed by atoms with E-state index in [1.807, 2.05) is 28.6 Å². The summed E-state index contributed by atoms with van der Waals surface area (Å²) >= 11 is 1.53. The highest BCUT2D eigenvalue weighted by Gasteiger charge is 2.47. The molecule has 2 aliphatic heterocycles. The predicted octanol–water partition coefficient (Wildman–Crippen LogP) is 4.54. The van der Waals surface area contributed by atoms with E-state index < -0.39 is 0 Å². The standard InChI is InChI=1S/C24H28N4OS/c1-18(2)16-27-17-19-6-3-4-7-20(19)28-14-11-25-23(28)24(27)9-12-26(13-10-24)22(29)21-8-5-15-30-21/h3-8,11,14-15,18H,9-10,12-13,16-17H2,1-2H3. The number of thiophene rings is 1. The molecular formula is C24H28N4OS. The number of carbonyl (C=O) groups excluding carboxylic acids is 1. The molecule has 5 nitrogen and oxygen atoms in total. The summed E-state index contributed by atoms with van der Waals surface area (Å²) in [6.07, 6.45) is 5.83. The highest BCUT2D eigenvalue weighted by Crippen LogP contribution is 2.43. The number of amides is 1. The fourth-order valence-corrected chi connectivity index (χ4v) is 5.77. The van der Waals surface area contributed by atoms with Crippen molar-refractivity contribution in [3.63, 3.8) is 0 Å². The molecule has 1 amide bonds. The molecule has 1 aromatic carbocycles. The molecular weight excluding hydrogens is 392 g/mol. The van der Waals surface area contributed by atoms with Gasteiger partial charge in [-0.2, -0.15) is 0 Å². The van der Waals surface area contributed by atoms with Crippen LogP contribution in [0.3, 0.4) is 0 Å². The molecule has 156 valence electrons. The Morgan fingerprint density at radius 2 is 1.97 bits per heavy atom. The third-order valence-electron chi connectivity index (χ3n) is 6.47. The molecule has 6 heteroatoms. The van der Waals surface area contributed by atoms with E-state index in [9.17, 15) is 4.79 Å². The predicted molar refractivity (Wildman–Crippen MR) is 120 cm³/mol. The van der Waals surface area contributed by atoms with E-state index >= 15 is 0 Å². The molecule has 1 spiro atoms. The molecule has 2 aromatic heterocycles. The molecule has 0 aliphatic carbocycles. The van der Waals surface area contributed by atoms with Crippen molar-refractivity contribution in [1.29, 1.82) is 0 Å². The van der Waals surface area contributed by atoms with E-state index in [0.29, 0.717) is 5.92 Å². The molecule has 0 unspecified atom stereocenters. The van der Waals surface area contributed by atoms with Gasteiger partial charge in [-0.15, -0.1) is 11.3 Å². The van der Waals surface area contributed by atoms with E-state index in [1.54, 1.807) is 0 Å². The smallest absolute Gasteiger partial charge is 0.263 e. The lowest BCUT2D eigenvalue weighted by Crippen LogP contribution is -2.55. The van der Waals surface area contributed by atoms with Crippen LogP contribution in [0.2, 0.25) is 0 Å². The van der Waals surface area contributed by atoms with E-state index in [0.717, 1.165) is 49.7 Å². The van der Waals surface area contributed by atoms with Crippen molar-refractivity contribution in [2.45, 2.75) is 38.8 Å².